The Morgan fingerprint density at radius 1 is 0.882 bits per heavy atom. The Labute approximate surface area is 201 Å². The topological polar surface area (TPSA) is 83.9 Å². The molecule has 0 saturated heterocycles. The summed E-state index contributed by atoms with van der Waals surface area (Å²) in [4.78, 5) is 13.7. The molecule has 0 aliphatic rings. The second-order valence-electron chi connectivity index (χ2n) is 8.90. The fraction of sp³-hybridized carbons (Fsp3) is 0.296. The Balaban J connectivity index is 2.29. The minimum Gasteiger partial charge on any atom is -0.507 e. The van der Waals surface area contributed by atoms with Crippen LogP contribution in [-0.4, -0.2) is 26.5 Å². The number of methoxy groups -OCH3 is 1. The number of ether oxygens (including phenoxy) is 1. The molecular weight excluding hydrogens is 450 g/mol. The number of phenols is 1. The van der Waals surface area contributed by atoms with Gasteiger partial charge in [0.15, 0.2) is 0 Å². The number of aryl methyl sites for hydroxylation is 1. The van der Waals surface area contributed by atoms with Crippen molar-refractivity contribution in [1.82, 2.24) is 0 Å². The van der Waals surface area contributed by atoms with Crippen LogP contribution in [0.25, 0.3) is 0 Å². The normalized spacial score (nSPS) is 11.6. The van der Waals surface area contributed by atoms with Crippen molar-refractivity contribution in [2.75, 3.05) is 11.4 Å². The van der Waals surface area contributed by atoms with Gasteiger partial charge < -0.3 is 9.84 Å². The summed E-state index contributed by atoms with van der Waals surface area (Å²) in [6, 6.07) is 15.8. The van der Waals surface area contributed by atoms with Gasteiger partial charge in [0.05, 0.1) is 17.7 Å². The number of carbonyl (C=O) groups excluding carboxylic acids is 1. The van der Waals surface area contributed by atoms with Crippen LogP contribution in [0, 0.1) is 6.92 Å². The fourth-order valence-electron chi connectivity index (χ4n) is 3.69. The molecule has 0 bridgehead atoms. The van der Waals surface area contributed by atoms with Gasteiger partial charge in [0.1, 0.15) is 11.5 Å². The Morgan fingerprint density at radius 3 is 1.82 bits per heavy atom. The van der Waals surface area contributed by atoms with Crippen molar-refractivity contribution < 1.29 is 23.1 Å². The van der Waals surface area contributed by atoms with Crippen molar-refractivity contribution in [3.63, 3.8) is 0 Å². The third kappa shape index (κ3) is 4.94. The van der Waals surface area contributed by atoms with Crippen molar-refractivity contribution in [3.8, 4) is 11.5 Å². The first-order valence-corrected chi connectivity index (χ1v) is 12.6. The van der Waals surface area contributed by atoms with Gasteiger partial charge in [-0.2, -0.15) is 4.31 Å². The molecule has 0 atom stereocenters. The highest BCUT2D eigenvalue weighted by Gasteiger charge is 2.33. The number of hydrogen-bond acceptors (Lipinski definition) is 5. The average molecular weight is 482 g/mol. The number of benzene rings is 3. The van der Waals surface area contributed by atoms with E-state index in [0.29, 0.717) is 16.9 Å². The van der Waals surface area contributed by atoms with Crippen LogP contribution in [-0.2, 0) is 10.0 Å². The summed E-state index contributed by atoms with van der Waals surface area (Å²) < 4.78 is 33.7. The minimum absolute atomic E-state index is 0.0426. The summed E-state index contributed by atoms with van der Waals surface area (Å²) in [6.45, 7) is 9.53. The first-order valence-electron chi connectivity index (χ1n) is 11.1. The van der Waals surface area contributed by atoms with Crippen LogP contribution in [0.2, 0.25) is 0 Å². The van der Waals surface area contributed by atoms with Crippen LogP contribution >= 0.6 is 0 Å². The third-order valence-electron chi connectivity index (χ3n) is 5.71. The summed E-state index contributed by atoms with van der Waals surface area (Å²) >= 11 is 0. The molecule has 0 aliphatic heterocycles. The molecule has 1 N–H and O–H groups in total. The van der Waals surface area contributed by atoms with E-state index < -0.39 is 15.9 Å². The van der Waals surface area contributed by atoms with Crippen LogP contribution < -0.4 is 9.04 Å². The Kier molecular flexibility index (Phi) is 7.36. The molecular formula is C27H31NO5S. The molecule has 0 radical (unpaired) electrons. The molecule has 7 heteroatoms. The summed E-state index contributed by atoms with van der Waals surface area (Å²) in [5.41, 5.74) is 2.54. The van der Waals surface area contributed by atoms with E-state index in [4.69, 9.17) is 4.74 Å². The average Bonchev–Trinajstić information content (AvgIpc) is 2.80. The Hall–Kier alpha value is -3.32. The molecule has 0 aromatic heterocycles. The van der Waals surface area contributed by atoms with Crippen LogP contribution in [0.1, 0.15) is 66.6 Å². The van der Waals surface area contributed by atoms with Gasteiger partial charge in [0.2, 0.25) is 0 Å². The van der Waals surface area contributed by atoms with E-state index in [1.54, 1.807) is 36.4 Å². The molecule has 0 saturated carbocycles. The number of anilines is 1. The highest BCUT2D eigenvalue weighted by atomic mass is 32.2. The SMILES string of the molecule is COc1ccc(S(=O)(=O)N(C(=O)c2ccc(C)cc2)c2cc(C(C)C)c(O)c(C(C)C)c2)cc1. The van der Waals surface area contributed by atoms with Crippen molar-refractivity contribution >= 4 is 21.6 Å². The highest BCUT2D eigenvalue weighted by Crippen LogP contribution is 2.39. The number of hydrogen-bond donors (Lipinski definition) is 1. The molecule has 6 nitrogen and oxygen atoms in total. The molecule has 0 fully saturated rings. The fourth-order valence-corrected chi connectivity index (χ4v) is 5.09. The zero-order chi connectivity index (χ0) is 25.2. The predicted octanol–water partition coefficient (Wildman–Crippen LogP) is 5.99. The lowest BCUT2D eigenvalue weighted by atomic mass is 9.93. The number of aromatic hydroxyl groups is 1. The second-order valence-corrected chi connectivity index (χ2v) is 10.7. The first kappa shape index (κ1) is 25.3. The van der Waals surface area contributed by atoms with E-state index in [1.165, 1.54) is 31.4 Å². The van der Waals surface area contributed by atoms with Gasteiger partial charge in [-0.15, -0.1) is 0 Å². The van der Waals surface area contributed by atoms with E-state index in [2.05, 4.69) is 0 Å². The lowest BCUT2D eigenvalue weighted by molar-refractivity contribution is 0.101. The van der Waals surface area contributed by atoms with E-state index in [0.717, 1.165) is 9.87 Å². The molecule has 1 amide bonds. The quantitative estimate of drug-likeness (QED) is 0.448. The summed E-state index contributed by atoms with van der Waals surface area (Å²) in [6.07, 6.45) is 0. The summed E-state index contributed by atoms with van der Waals surface area (Å²) in [7, 11) is -2.79. The van der Waals surface area contributed by atoms with E-state index >= 15 is 0 Å². The largest absolute Gasteiger partial charge is 0.507 e. The van der Waals surface area contributed by atoms with Crippen LogP contribution in [0.3, 0.4) is 0 Å². The third-order valence-corrected chi connectivity index (χ3v) is 7.44. The molecule has 0 aliphatic carbocycles. The lowest BCUT2D eigenvalue weighted by Gasteiger charge is -2.26. The van der Waals surface area contributed by atoms with Crippen LogP contribution in [0.4, 0.5) is 5.69 Å². The molecule has 0 spiro atoms. The van der Waals surface area contributed by atoms with Crippen molar-refractivity contribution in [2.24, 2.45) is 0 Å². The lowest BCUT2D eigenvalue weighted by Crippen LogP contribution is -2.37. The molecule has 3 aromatic carbocycles. The maximum atomic E-state index is 13.9. The van der Waals surface area contributed by atoms with Gasteiger partial charge >= 0.3 is 0 Å². The Bertz CT molecular complexity index is 1250. The standard InChI is InChI=1S/C27H31NO5S/c1-17(2)24-15-21(16-25(18(3)4)26(24)29)28(27(30)20-9-7-19(5)8-10-20)34(31,32)23-13-11-22(33-6)12-14-23/h7-18,29H,1-6H3. The minimum atomic E-state index is -4.29. The summed E-state index contributed by atoms with van der Waals surface area (Å²) in [5, 5.41) is 10.8. The number of sulfonamides is 1. The van der Waals surface area contributed by atoms with Gasteiger partial charge in [-0.3, -0.25) is 4.79 Å². The van der Waals surface area contributed by atoms with Gasteiger partial charge in [0, 0.05) is 5.56 Å². The van der Waals surface area contributed by atoms with E-state index in [9.17, 15) is 18.3 Å². The predicted molar refractivity (Wildman–Crippen MR) is 134 cm³/mol. The molecule has 0 heterocycles. The zero-order valence-corrected chi connectivity index (χ0v) is 21.2. The van der Waals surface area contributed by atoms with Crippen LogP contribution in [0.5, 0.6) is 11.5 Å². The molecule has 34 heavy (non-hydrogen) atoms. The molecule has 3 aromatic rings. The monoisotopic (exact) mass is 481 g/mol. The maximum absolute atomic E-state index is 13.9. The Morgan fingerprint density at radius 2 is 1.38 bits per heavy atom. The van der Waals surface area contributed by atoms with Gasteiger partial charge in [-0.1, -0.05) is 45.4 Å². The molecule has 3 rings (SSSR count). The van der Waals surface area contributed by atoms with Gasteiger partial charge in [0.25, 0.3) is 15.9 Å². The number of nitrogens with zero attached hydrogens (tertiary/aromatic N) is 1. The molecule has 0 unspecified atom stereocenters. The maximum Gasteiger partial charge on any atom is 0.272 e. The van der Waals surface area contributed by atoms with Gasteiger partial charge in [-0.25, -0.2) is 8.42 Å². The molecule has 180 valence electrons. The van der Waals surface area contributed by atoms with Crippen molar-refractivity contribution in [3.05, 3.63) is 82.9 Å². The number of amides is 1. The number of carbonyl (C=O) groups is 1. The highest BCUT2D eigenvalue weighted by molar-refractivity contribution is 7.93. The zero-order valence-electron chi connectivity index (χ0n) is 20.4. The van der Waals surface area contributed by atoms with E-state index in [-0.39, 0.29) is 33.7 Å². The summed E-state index contributed by atoms with van der Waals surface area (Å²) in [5.74, 6) is -0.219. The van der Waals surface area contributed by atoms with Crippen LogP contribution in [0.15, 0.2) is 65.6 Å². The number of phenolic OH excluding ortho intramolecular Hbond substituents is 1. The first-order chi connectivity index (χ1) is 16.0. The van der Waals surface area contributed by atoms with Gasteiger partial charge in [-0.05, 0) is 78.4 Å². The second kappa shape index (κ2) is 9.89. The van der Waals surface area contributed by atoms with Crippen molar-refractivity contribution in [1.29, 1.82) is 0 Å². The van der Waals surface area contributed by atoms with E-state index in [1.807, 2.05) is 34.6 Å². The van der Waals surface area contributed by atoms with Crippen molar-refractivity contribution in [2.45, 2.75) is 51.3 Å². The smallest absolute Gasteiger partial charge is 0.272 e. The number of rotatable bonds is 7.